The van der Waals surface area contributed by atoms with Crippen LogP contribution >= 0.6 is 0 Å². The van der Waals surface area contributed by atoms with Crippen molar-refractivity contribution in [2.24, 2.45) is 0 Å². The van der Waals surface area contributed by atoms with Crippen LogP contribution in [0.2, 0.25) is 0 Å². The lowest BCUT2D eigenvalue weighted by Crippen LogP contribution is -2.32. The van der Waals surface area contributed by atoms with Crippen LogP contribution in [0.4, 0.5) is 11.4 Å². The van der Waals surface area contributed by atoms with Crippen molar-refractivity contribution in [2.75, 3.05) is 18.9 Å². The molecule has 7 heteroatoms. The SMILES string of the molecule is CN1CCc2c([nH]c3ccccc23)C1c1ccc(NC(=O)c2ccc([N+](=O)[O-])cc2)cc1. The Kier molecular flexibility index (Phi) is 4.95. The highest BCUT2D eigenvalue weighted by atomic mass is 16.6. The smallest absolute Gasteiger partial charge is 0.269 e. The standard InChI is InChI=1S/C25H22N4O3/c1-28-15-14-21-20-4-2-3-5-22(20)27-23(21)24(28)16-6-10-18(11-7-16)26-25(30)17-8-12-19(13-9-17)29(31)32/h2-13,24,27H,14-15H2,1H3,(H,26,30). The minimum atomic E-state index is -0.485. The van der Waals surface area contributed by atoms with Crippen LogP contribution in [0.1, 0.15) is 33.2 Å². The molecule has 0 fully saturated rings. The molecule has 0 aliphatic carbocycles. The van der Waals surface area contributed by atoms with Crippen molar-refractivity contribution in [1.29, 1.82) is 0 Å². The van der Waals surface area contributed by atoms with E-state index in [-0.39, 0.29) is 17.6 Å². The van der Waals surface area contributed by atoms with E-state index in [1.807, 2.05) is 30.3 Å². The van der Waals surface area contributed by atoms with Crippen molar-refractivity contribution in [3.05, 3.63) is 105 Å². The first-order chi connectivity index (χ1) is 15.5. The van der Waals surface area contributed by atoms with Gasteiger partial charge >= 0.3 is 0 Å². The van der Waals surface area contributed by atoms with Crippen molar-refractivity contribution >= 4 is 28.2 Å². The van der Waals surface area contributed by atoms with E-state index in [9.17, 15) is 14.9 Å². The number of carbonyl (C=O) groups excluding carboxylic acids is 1. The second kappa shape index (κ2) is 7.94. The lowest BCUT2D eigenvalue weighted by Gasteiger charge is -2.33. The van der Waals surface area contributed by atoms with Gasteiger partial charge < -0.3 is 10.3 Å². The molecular weight excluding hydrogens is 404 g/mol. The number of fused-ring (bicyclic) bond motifs is 3. The number of nitro benzene ring substituents is 1. The Morgan fingerprint density at radius 2 is 1.78 bits per heavy atom. The van der Waals surface area contributed by atoms with Gasteiger partial charge in [0.1, 0.15) is 0 Å². The van der Waals surface area contributed by atoms with Gasteiger partial charge in [-0.15, -0.1) is 0 Å². The number of carbonyl (C=O) groups is 1. The summed E-state index contributed by atoms with van der Waals surface area (Å²) in [6, 6.07) is 21.9. The summed E-state index contributed by atoms with van der Waals surface area (Å²) in [5, 5.41) is 14.9. The molecule has 7 nitrogen and oxygen atoms in total. The third-order valence-corrected chi connectivity index (χ3v) is 6.10. The molecule has 1 aliphatic heterocycles. The van der Waals surface area contributed by atoms with E-state index in [2.05, 4.69) is 40.4 Å². The number of benzene rings is 3. The minimum Gasteiger partial charge on any atom is -0.357 e. The molecule has 4 aromatic rings. The van der Waals surface area contributed by atoms with E-state index in [0.29, 0.717) is 11.3 Å². The van der Waals surface area contributed by atoms with Gasteiger partial charge in [0.15, 0.2) is 0 Å². The van der Waals surface area contributed by atoms with E-state index in [1.165, 1.54) is 40.9 Å². The van der Waals surface area contributed by atoms with E-state index >= 15 is 0 Å². The second-order valence-electron chi connectivity index (χ2n) is 8.08. The highest BCUT2D eigenvalue weighted by molar-refractivity contribution is 6.04. The molecule has 0 saturated carbocycles. The number of nitrogens with one attached hydrogen (secondary N) is 2. The molecule has 0 bridgehead atoms. The van der Waals surface area contributed by atoms with Crippen molar-refractivity contribution in [1.82, 2.24) is 9.88 Å². The molecule has 160 valence electrons. The number of para-hydroxylation sites is 1. The van der Waals surface area contributed by atoms with Gasteiger partial charge in [-0.3, -0.25) is 19.8 Å². The van der Waals surface area contributed by atoms with E-state index in [0.717, 1.165) is 24.0 Å². The zero-order valence-corrected chi connectivity index (χ0v) is 17.5. The van der Waals surface area contributed by atoms with Gasteiger partial charge in [0, 0.05) is 46.5 Å². The third kappa shape index (κ3) is 3.52. The van der Waals surface area contributed by atoms with Crippen molar-refractivity contribution in [3.8, 4) is 0 Å². The van der Waals surface area contributed by atoms with Crippen molar-refractivity contribution < 1.29 is 9.72 Å². The maximum atomic E-state index is 12.5. The lowest BCUT2D eigenvalue weighted by molar-refractivity contribution is -0.384. The number of amides is 1. The van der Waals surface area contributed by atoms with Gasteiger partial charge in [0.25, 0.3) is 11.6 Å². The summed E-state index contributed by atoms with van der Waals surface area (Å²) in [4.78, 5) is 28.8. The van der Waals surface area contributed by atoms with Crippen LogP contribution in [0.15, 0.2) is 72.8 Å². The quantitative estimate of drug-likeness (QED) is 0.358. The number of hydrogen-bond acceptors (Lipinski definition) is 4. The van der Waals surface area contributed by atoms with Crippen molar-refractivity contribution in [3.63, 3.8) is 0 Å². The largest absolute Gasteiger partial charge is 0.357 e. The molecule has 1 atom stereocenters. The number of aromatic nitrogens is 1. The molecule has 0 spiro atoms. The number of hydrogen-bond donors (Lipinski definition) is 2. The molecule has 1 aliphatic rings. The van der Waals surface area contributed by atoms with Gasteiger partial charge in [0.05, 0.1) is 11.0 Å². The summed E-state index contributed by atoms with van der Waals surface area (Å²) in [5.74, 6) is -0.305. The number of H-pyrrole nitrogens is 1. The molecule has 0 saturated heterocycles. The Morgan fingerprint density at radius 1 is 1.06 bits per heavy atom. The number of anilines is 1. The Hall–Kier alpha value is -3.97. The predicted octanol–water partition coefficient (Wildman–Crippen LogP) is 4.91. The van der Waals surface area contributed by atoms with E-state index < -0.39 is 4.92 Å². The molecule has 0 radical (unpaired) electrons. The van der Waals surface area contributed by atoms with Gasteiger partial charge in [-0.05, 0) is 54.9 Å². The molecule has 1 unspecified atom stereocenters. The zero-order chi connectivity index (χ0) is 22.2. The predicted molar refractivity (Wildman–Crippen MR) is 124 cm³/mol. The highest BCUT2D eigenvalue weighted by Gasteiger charge is 2.29. The summed E-state index contributed by atoms with van der Waals surface area (Å²) in [6.07, 6.45) is 1.01. The summed E-state index contributed by atoms with van der Waals surface area (Å²) in [5.41, 5.74) is 5.90. The first-order valence-electron chi connectivity index (χ1n) is 10.5. The van der Waals surface area contributed by atoms with Crippen LogP contribution in [-0.2, 0) is 6.42 Å². The van der Waals surface area contributed by atoms with Crippen molar-refractivity contribution in [2.45, 2.75) is 12.5 Å². The molecule has 3 aromatic carbocycles. The topological polar surface area (TPSA) is 91.3 Å². The van der Waals surface area contributed by atoms with Crippen LogP contribution in [-0.4, -0.2) is 34.3 Å². The molecular formula is C25H22N4O3. The molecule has 1 aromatic heterocycles. The monoisotopic (exact) mass is 426 g/mol. The molecule has 2 heterocycles. The second-order valence-corrected chi connectivity index (χ2v) is 8.08. The van der Waals surface area contributed by atoms with Gasteiger partial charge in [-0.2, -0.15) is 0 Å². The zero-order valence-electron chi connectivity index (χ0n) is 17.5. The Labute approximate surface area is 184 Å². The number of likely N-dealkylation sites (N-methyl/N-ethyl adjacent to an activating group) is 1. The fourth-order valence-corrected chi connectivity index (χ4v) is 4.47. The molecule has 2 N–H and O–H groups in total. The Bertz CT molecular complexity index is 1310. The average molecular weight is 426 g/mol. The van der Waals surface area contributed by atoms with E-state index in [4.69, 9.17) is 0 Å². The van der Waals surface area contributed by atoms with Crippen LogP contribution in [0.3, 0.4) is 0 Å². The minimum absolute atomic E-state index is 0.0427. The van der Waals surface area contributed by atoms with Gasteiger partial charge in [-0.25, -0.2) is 0 Å². The number of rotatable bonds is 4. The van der Waals surface area contributed by atoms with Gasteiger partial charge in [0.2, 0.25) is 0 Å². The number of nitro groups is 1. The maximum absolute atomic E-state index is 12.5. The highest BCUT2D eigenvalue weighted by Crippen LogP contribution is 2.37. The number of aromatic amines is 1. The first-order valence-corrected chi connectivity index (χ1v) is 10.5. The number of nitrogens with zero attached hydrogens (tertiary/aromatic N) is 2. The van der Waals surface area contributed by atoms with E-state index in [1.54, 1.807) is 0 Å². The molecule has 1 amide bonds. The number of non-ortho nitro benzene ring substituents is 1. The van der Waals surface area contributed by atoms with Crippen LogP contribution in [0.5, 0.6) is 0 Å². The lowest BCUT2D eigenvalue weighted by atomic mass is 9.93. The van der Waals surface area contributed by atoms with Crippen LogP contribution in [0, 0.1) is 10.1 Å². The Balaban J connectivity index is 1.38. The van der Waals surface area contributed by atoms with Crippen LogP contribution < -0.4 is 5.32 Å². The maximum Gasteiger partial charge on any atom is 0.269 e. The third-order valence-electron chi connectivity index (χ3n) is 6.10. The van der Waals surface area contributed by atoms with Crippen LogP contribution in [0.25, 0.3) is 10.9 Å². The molecule has 32 heavy (non-hydrogen) atoms. The first kappa shape index (κ1) is 20.0. The summed E-state index contributed by atoms with van der Waals surface area (Å²) >= 11 is 0. The fraction of sp³-hybridized carbons (Fsp3) is 0.160. The Morgan fingerprint density at radius 3 is 2.50 bits per heavy atom. The summed E-state index contributed by atoms with van der Waals surface area (Å²) < 4.78 is 0. The normalized spacial score (nSPS) is 16.0. The molecule has 5 rings (SSSR count). The fourth-order valence-electron chi connectivity index (χ4n) is 4.47. The average Bonchev–Trinajstić information content (AvgIpc) is 3.18. The summed E-state index contributed by atoms with van der Waals surface area (Å²) in [7, 11) is 2.13. The van der Waals surface area contributed by atoms with Gasteiger partial charge in [-0.1, -0.05) is 30.3 Å². The summed E-state index contributed by atoms with van der Waals surface area (Å²) in [6.45, 7) is 0.970.